The Morgan fingerprint density at radius 2 is 1.50 bits per heavy atom. The van der Waals surface area contributed by atoms with Gasteiger partial charge in [0.1, 0.15) is 16.4 Å². The zero-order valence-corrected chi connectivity index (χ0v) is 20.6. The van der Waals surface area contributed by atoms with Crippen LogP contribution >= 0.6 is 0 Å². The van der Waals surface area contributed by atoms with Crippen LogP contribution in [0.4, 0.5) is 0 Å². The quantitative estimate of drug-likeness (QED) is 0.335. The first-order valence-corrected chi connectivity index (χ1v) is 10.9. The number of hydrogen-bond donors (Lipinski definition) is 1. The summed E-state index contributed by atoms with van der Waals surface area (Å²) in [5.41, 5.74) is 0.658. The van der Waals surface area contributed by atoms with Crippen LogP contribution in [0.15, 0.2) is 47.4 Å². The van der Waals surface area contributed by atoms with Crippen molar-refractivity contribution in [2.75, 3.05) is 0 Å². The van der Waals surface area contributed by atoms with E-state index in [0.29, 0.717) is 12.0 Å². The van der Waals surface area contributed by atoms with E-state index >= 15 is 0 Å². The molecule has 28 heavy (non-hydrogen) atoms. The molecule has 0 fully saturated rings. The van der Waals surface area contributed by atoms with Crippen LogP contribution in [0.5, 0.6) is 17.2 Å². The second kappa shape index (κ2) is 13.0. The van der Waals surface area contributed by atoms with Crippen molar-refractivity contribution in [3.05, 3.63) is 48.0 Å². The van der Waals surface area contributed by atoms with E-state index in [9.17, 15) is 18.1 Å². The van der Waals surface area contributed by atoms with Crippen LogP contribution in [-0.4, -0.2) is 13.0 Å². The normalized spacial score (nSPS) is 11.1. The fraction of sp³-hybridized carbons (Fsp3) is 0.429. The van der Waals surface area contributed by atoms with Gasteiger partial charge in [-0.05, 0) is 31.0 Å². The third-order valence-electron chi connectivity index (χ3n) is 4.46. The average molecular weight is 431 g/mol. The number of para-hydroxylation sites is 2. The summed E-state index contributed by atoms with van der Waals surface area (Å²) in [4.78, 5) is -0.359. The van der Waals surface area contributed by atoms with Gasteiger partial charge in [0.05, 0.1) is 0 Å². The van der Waals surface area contributed by atoms with Crippen LogP contribution in [0.2, 0.25) is 0 Å². The van der Waals surface area contributed by atoms with Crippen LogP contribution in [0.3, 0.4) is 0 Å². The zero-order chi connectivity index (χ0) is 19.7. The number of aryl methyl sites for hydroxylation is 1. The van der Waals surface area contributed by atoms with Gasteiger partial charge in [-0.25, -0.2) is 0 Å². The van der Waals surface area contributed by atoms with E-state index in [-0.39, 0.29) is 73.5 Å². The van der Waals surface area contributed by atoms with E-state index in [0.717, 1.165) is 12.8 Å². The molecule has 0 atom stereocenters. The van der Waals surface area contributed by atoms with E-state index < -0.39 is 10.1 Å². The molecule has 148 valence electrons. The maximum absolute atomic E-state index is 12.6. The molecule has 0 spiro atoms. The smallest absolute Gasteiger partial charge is 0.870 e. The maximum Gasteiger partial charge on any atom is 1.00 e. The minimum atomic E-state index is -4.43. The Morgan fingerprint density at radius 1 is 0.893 bits per heavy atom. The first-order chi connectivity index (χ1) is 12.9. The van der Waals surface area contributed by atoms with E-state index in [2.05, 4.69) is 6.92 Å². The number of unbranched alkanes of at least 4 members (excludes halogenated alkanes) is 6. The fourth-order valence-corrected chi connectivity index (χ4v) is 3.59. The SMILES string of the molecule is CCCCCCCCCc1cccc(Oc2ccccc2S(=O)(=O)O)c1[O-].[K+]. The average Bonchev–Trinajstić information content (AvgIpc) is 2.63. The van der Waals surface area contributed by atoms with Crippen LogP contribution in [0.1, 0.15) is 57.4 Å². The van der Waals surface area contributed by atoms with Crippen LogP contribution in [0, 0.1) is 0 Å². The summed E-state index contributed by atoms with van der Waals surface area (Å²) in [6.07, 6.45) is 8.86. The van der Waals surface area contributed by atoms with Gasteiger partial charge in [0.2, 0.25) is 0 Å². The minimum absolute atomic E-state index is 0. The third-order valence-corrected chi connectivity index (χ3v) is 5.35. The molecule has 0 bridgehead atoms. The summed E-state index contributed by atoms with van der Waals surface area (Å²) >= 11 is 0. The molecular weight excluding hydrogens is 403 g/mol. The molecule has 0 saturated heterocycles. The fourth-order valence-electron chi connectivity index (χ4n) is 2.98. The monoisotopic (exact) mass is 430 g/mol. The Hall–Kier alpha value is -0.414. The number of hydrogen-bond acceptors (Lipinski definition) is 4. The van der Waals surface area contributed by atoms with Crippen molar-refractivity contribution in [2.24, 2.45) is 0 Å². The van der Waals surface area contributed by atoms with Crippen molar-refractivity contribution < 1.29 is 74.2 Å². The van der Waals surface area contributed by atoms with E-state index in [1.54, 1.807) is 18.2 Å². The zero-order valence-electron chi connectivity index (χ0n) is 16.7. The van der Waals surface area contributed by atoms with Gasteiger partial charge >= 0.3 is 51.4 Å². The van der Waals surface area contributed by atoms with Crippen molar-refractivity contribution in [2.45, 2.75) is 63.2 Å². The predicted octanol–water partition coefficient (Wildman–Crippen LogP) is 2.10. The summed E-state index contributed by atoms with van der Waals surface area (Å²) < 4.78 is 37.8. The number of rotatable bonds is 11. The Bertz CT molecular complexity index is 836. The predicted molar refractivity (Wildman–Crippen MR) is 104 cm³/mol. The van der Waals surface area contributed by atoms with Crippen LogP contribution in [-0.2, 0) is 16.5 Å². The second-order valence-electron chi connectivity index (χ2n) is 6.64. The van der Waals surface area contributed by atoms with E-state index in [1.165, 1.54) is 56.4 Å². The van der Waals surface area contributed by atoms with Gasteiger partial charge in [-0.3, -0.25) is 4.55 Å². The molecule has 0 radical (unpaired) electrons. The van der Waals surface area contributed by atoms with Crippen molar-refractivity contribution in [1.82, 2.24) is 0 Å². The molecule has 0 aliphatic rings. The van der Waals surface area contributed by atoms with Crippen LogP contribution in [0.25, 0.3) is 0 Å². The molecule has 2 aromatic carbocycles. The summed E-state index contributed by atoms with van der Waals surface area (Å²) in [6.45, 7) is 2.19. The Labute approximate surface area is 210 Å². The molecule has 2 aromatic rings. The van der Waals surface area contributed by atoms with E-state index in [4.69, 9.17) is 4.74 Å². The first kappa shape index (κ1) is 25.6. The molecule has 0 unspecified atom stereocenters. The van der Waals surface area contributed by atoms with Gasteiger partial charge in [-0.15, -0.1) is 0 Å². The van der Waals surface area contributed by atoms with Gasteiger partial charge in [0, 0.05) is 0 Å². The van der Waals surface area contributed by atoms with Crippen LogP contribution < -0.4 is 61.2 Å². The molecule has 1 N–H and O–H groups in total. The molecular formula is C21H27KO5S. The van der Waals surface area contributed by atoms with Gasteiger partial charge in [-0.1, -0.05) is 81.0 Å². The molecule has 0 amide bonds. The molecule has 0 aliphatic carbocycles. The van der Waals surface area contributed by atoms with Gasteiger partial charge in [0.25, 0.3) is 10.1 Å². The summed E-state index contributed by atoms with van der Waals surface area (Å²) in [5.74, 6) is -0.245. The second-order valence-corrected chi connectivity index (χ2v) is 8.03. The van der Waals surface area contributed by atoms with Crippen molar-refractivity contribution in [3.8, 4) is 17.2 Å². The minimum Gasteiger partial charge on any atom is -0.870 e. The summed E-state index contributed by atoms with van der Waals surface area (Å²) in [6, 6.07) is 10.7. The van der Waals surface area contributed by atoms with E-state index in [1.807, 2.05) is 0 Å². The molecule has 0 aromatic heterocycles. The largest absolute Gasteiger partial charge is 1.00 e. The van der Waals surface area contributed by atoms with Gasteiger partial charge < -0.3 is 9.84 Å². The summed E-state index contributed by atoms with van der Waals surface area (Å²) in [7, 11) is -4.43. The molecule has 2 rings (SSSR count). The molecule has 0 aliphatic heterocycles. The number of ether oxygens (including phenoxy) is 1. The molecule has 7 heteroatoms. The van der Waals surface area contributed by atoms with Gasteiger partial charge in [0.15, 0.2) is 0 Å². The first-order valence-electron chi connectivity index (χ1n) is 9.46. The Balaban J connectivity index is 0.00000392. The maximum atomic E-state index is 12.6. The third kappa shape index (κ3) is 8.14. The molecule has 5 nitrogen and oxygen atoms in total. The van der Waals surface area contributed by atoms with Crippen molar-refractivity contribution in [1.29, 1.82) is 0 Å². The van der Waals surface area contributed by atoms with Gasteiger partial charge in [-0.2, -0.15) is 8.42 Å². The molecule has 0 saturated carbocycles. The Kier molecular flexibility index (Phi) is 11.9. The standard InChI is InChI=1S/C21H28O5S.K/c1-2-3-4-5-6-7-8-12-17-13-11-15-19(21(17)22)26-18-14-9-10-16-20(18)27(23,24)25;/h9-11,13-16,22H,2-8,12H2,1H3,(H,23,24,25);/q;+1/p-1. The van der Waals surface area contributed by atoms with Crippen molar-refractivity contribution >= 4 is 10.1 Å². The summed E-state index contributed by atoms with van der Waals surface area (Å²) in [5, 5.41) is 12.6. The molecule has 0 heterocycles. The topological polar surface area (TPSA) is 86.7 Å². The van der Waals surface area contributed by atoms with Crippen molar-refractivity contribution in [3.63, 3.8) is 0 Å². The number of benzene rings is 2. The Morgan fingerprint density at radius 3 is 2.18 bits per heavy atom.